The molecule has 170 valence electrons. The first kappa shape index (κ1) is 20.9. The Morgan fingerprint density at radius 2 is 1.97 bits per heavy atom. The fourth-order valence-corrected chi connectivity index (χ4v) is 6.05. The van der Waals surface area contributed by atoms with Crippen LogP contribution in [0.1, 0.15) is 17.5 Å². The number of piperazine rings is 1. The van der Waals surface area contributed by atoms with Gasteiger partial charge in [0.1, 0.15) is 16.5 Å². The third-order valence-electron chi connectivity index (χ3n) is 6.24. The van der Waals surface area contributed by atoms with Crippen LogP contribution in [0.25, 0.3) is 20.8 Å². The summed E-state index contributed by atoms with van der Waals surface area (Å²) in [6.07, 6.45) is 0.0186. The van der Waals surface area contributed by atoms with E-state index in [4.69, 9.17) is 4.74 Å². The Bertz CT molecular complexity index is 1300. The van der Waals surface area contributed by atoms with Crippen molar-refractivity contribution >= 4 is 43.7 Å². The van der Waals surface area contributed by atoms with E-state index >= 15 is 0 Å². The van der Waals surface area contributed by atoms with Crippen molar-refractivity contribution in [3.05, 3.63) is 53.0 Å². The van der Waals surface area contributed by atoms with E-state index in [1.165, 1.54) is 22.6 Å². The van der Waals surface area contributed by atoms with Crippen molar-refractivity contribution in [2.24, 2.45) is 0 Å². The number of thiazole rings is 2. The summed E-state index contributed by atoms with van der Waals surface area (Å²) in [5, 5.41) is 17.4. The van der Waals surface area contributed by atoms with Crippen molar-refractivity contribution in [1.82, 2.24) is 14.9 Å². The highest BCUT2D eigenvalue weighted by atomic mass is 32.1. The number of likely N-dealkylation sites (N-methyl/N-ethyl adjacent to an activating group) is 1. The molecule has 0 spiro atoms. The second-order valence-corrected chi connectivity index (χ2v) is 10.4. The summed E-state index contributed by atoms with van der Waals surface area (Å²) in [6.45, 7) is 4.97. The van der Waals surface area contributed by atoms with Crippen LogP contribution in [0, 0.1) is 0 Å². The lowest BCUT2D eigenvalue weighted by molar-refractivity contribution is 0.204. The fourth-order valence-electron chi connectivity index (χ4n) is 4.29. The highest BCUT2D eigenvalue weighted by molar-refractivity contribution is 7.22. The van der Waals surface area contributed by atoms with Gasteiger partial charge in [-0.1, -0.05) is 11.3 Å². The first-order valence-electron chi connectivity index (χ1n) is 11.1. The minimum atomic E-state index is -0.912. The van der Waals surface area contributed by atoms with Gasteiger partial charge in [-0.3, -0.25) is 0 Å². The predicted octanol–water partition coefficient (Wildman–Crippen LogP) is 4.21. The second kappa shape index (κ2) is 8.57. The highest BCUT2D eigenvalue weighted by Crippen LogP contribution is 2.34. The molecule has 1 unspecified atom stereocenters. The molecule has 2 aromatic heterocycles. The van der Waals surface area contributed by atoms with Gasteiger partial charge in [-0.15, -0.1) is 11.3 Å². The van der Waals surface area contributed by atoms with E-state index in [-0.39, 0.29) is 0 Å². The molecule has 1 saturated heterocycles. The van der Waals surface area contributed by atoms with Crippen molar-refractivity contribution in [1.29, 1.82) is 0 Å². The zero-order chi connectivity index (χ0) is 22.4. The molecular weight excluding hydrogens is 454 g/mol. The molecule has 1 fully saturated rings. The predicted molar refractivity (Wildman–Crippen MR) is 135 cm³/mol. The van der Waals surface area contributed by atoms with Crippen LogP contribution in [-0.4, -0.2) is 59.8 Å². The number of aliphatic hydroxyl groups is 1. The summed E-state index contributed by atoms with van der Waals surface area (Å²) < 4.78 is 6.70. The summed E-state index contributed by atoms with van der Waals surface area (Å²) in [7, 11) is 2.17. The lowest BCUT2D eigenvalue weighted by Gasteiger charge is -2.34. The van der Waals surface area contributed by atoms with Crippen LogP contribution in [0.3, 0.4) is 0 Å². The average Bonchev–Trinajstić information content (AvgIpc) is 3.57. The molecule has 2 aliphatic heterocycles. The number of ether oxygens (including phenoxy) is 1. The minimum absolute atomic E-state index is 0.601. The summed E-state index contributed by atoms with van der Waals surface area (Å²) >= 11 is 3.09. The summed E-state index contributed by atoms with van der Waals surface area (Å²) in [4.78, 5) is 14.1. The van der Waals surface area contributed by atoms with Crippen LogP contribution in [0.5, 0.6) is 5.75 Å². The molecule has 9 heteroatoms. The number of aromatic nitrogens is 2. The lowest BCUT2D eigenvalue weighted by Crippen LogP contribution is -2.44. The van der Waals surface area contributed by atoms with E-state index in [1.54, 1.807) is 11.3 Å². The first-order valence-corrected chi connectivity index (χ1v) is 12.8. The van der Waals surface area contributed by atoms with E-state index in [0.29, 0.717) is 10.8 Å². The van der Waals surface area contributed by atoms with Crippen LogP contribution >= 0.6 is 22.7 Å². The van der Waals surface area contributed by atoms with Crippen LogP contribution in [-0.2, 0) is 6.42 Å². The van der Waals surface area contributed by atoms with E-state index < -0.39 is 6.23 Å². The molecule has 0 radical (unpaired) electrons. The van der Waals surface area contributed by atoms with E-state index in [1.807, 2.05) is 17.5 Å². The van der Waals surface area contributed by atoms with Gasteiger partial charge in [0.15, 0.2) is 11.4 Å². The van der Waals surface area contributed by atoms with Crippen LogP contribution in [0.2, 0.25) is 0 Å². The van der Waals surface area contributed by atoms with Crippen molar-refractivity contribution in [2.75, 3.05) is 50.1 Å². The largest absolute Gasteiger partial charge is 0.493 e. The maximum atomic E-state index is 10.8. The molecular formula is C24H25N5O2S2. The number of nitrogens with zero attached hydrogens (tertiary/aromatic N) is 4. The van der Waals surface area contributed by atoms with Gasteiger partial charge in [0, 0.05) is 49.2 Å². The number of nitrogens with one attached hydrogen (secondary N) is 1. The summed E-state index contributed by atoms with van der Waals surface area (Å²) in [6, 6.07) is 12.6. The Morgan fingerprint density at radius 3 is 2.85 bits per heavy atom. The standard InChI is InChI=1S/C24H25N5O2S2/c1-28-7-9-29(10-8-28)17-3-4-18-21(13-17)33-24(26-18)27-22(30)19-14-32-23(25-19)16-2-5-20-15(12-16)6-11-31-20/h2-5,12-14,22,30H,6-11H2,1H3,(H,26,27). The smallest absolute Gasteiger partial charge is 0.186 e. The molecule has 7 nitrogen and oxygen atoms in total. The van der Waals surface area contributed by atoms with E-state index in [9.17, 15) is 5.11 Å². The van der Waals surface area contributed by atoms with Crippen molar-refractivity contribution in [3.8, 4) is 16.3 Å². The normalized spacial score (nSPS) is 17.2. The Labute approximate surface area is 200 Å². The number of aliphatic hydroxyl groups excluding tert-OH is 1. The number of hydrogen-bond acceptors (Lipinski definition) is 9. The molecule has 1 atom stereocenters. The van der Waals surface area contributed by atoms with Gasteiger partial charge < -0.3 is 25.0 Å². The van der Waals surface area contributed by atoms with Crippen molar-refractivity contribution < 1.29 is 9.84 Å². The number of hydrogen-bond donors (Lipinski definition) is 2. The quantitative estimate of drug-likeness (QED) is 0.416. The van der Waals surface area contributed by atoms with Crippen LogP contribution in [0.4, 0.5) is 10.8 Å². The molecule has 6 rings (SSSR count). The molecule has 4 aromatic rings. The lowest BCUT2D eigenvalue weighted by atomic mass is 10.1. The molecule has 0 bridgehead atoms. The molecule has 0 aliphatic carbocycles. The van der Waals surface area contributed by atoms with Crippen molar-refractivity contribution in [3.63, 3.8) is 0 Å². The van der Waals surface area contributed by atoms with Gasteiger partial charge in [0.25, 0.3) is 0 Å². The Hall–Kier alpha value is -2.72. The zero-order valence-corrected chi connectivity index (χ0v) is 20.0. The maximum Gasteiger partial charge on any atom is 0.186 e. The third kappa shape index (κ3) is 4.17. The van der Waals surface area contributed by atoms with Crippen molar-refractivity contribution in [2.45, 2.75) is 12.6 Å². The van der Waals surface area contributed by atoms with Gasteiger partial charge in [-0.2, -0.15) is 0 Å². The average molecular weight is 480 g/mol. The van der Waals surface area contributed by atoms with Gasteiger partial charge in [-0.05, 0) is 49.0 Å². The molecule has 2 N–H and O–H groups in total. The molecule has 0 amide bonds. The highest BCUT2D eigenvalue weighted by Gasteiger charge is 2.19. The minimum Gasteiger partial charge on any atom is -0.493 e. The van der Waals surface area contributed by atoms with E-state index in [0.717, 1.165) is 65.7 Å². The number of fused-ring (bicyclic) bond motifs is 2. The molecule has 33 heavy (non-hydrogen) atoms. The maximum absolute atomic E-state index is 10.8. The second-order valence-electron chi connectivity index (χ2n) is 8.51. The van der Waals surface area contributed by atoms with Gasteiger partial charge in [0.2, 0.25) is 0 Å². The van der Waals surface area contributed by atoms with Crippen LogP contribution < -0.4 is 15.0 Å². The topological polar surface area (TPSA) is 73.8 Å². The first-order chi connectivity index (χ1) is 16.1. The van der Waals surface area contributed by atoms with E-state index in [2.05, 4.69) is 56.4 Å². The Morgan fingerprint density at radius 1 is 1.09 bits per heavy atom. The van der Waals surface area contributed by atoms with Gasteiger partial charge in [0.05, 0.1) is 16.8 Å². The number of anilines is 2. The molecule has 2 aliphatic rings. The third-order valence-corrected chi connectivity index (χ3v) is 8.10. The number of rotatable bonds is 5. The Kier molecular flexibility index (Phi) is 5.41. The molecule has 2 aromatic carbocycles. The zero-order valence-electron chi connectivity index (χ0n) is 18.3. The van der Waals surface area contributed by atoms with Gasteiger partial charge in [-0.25, -0.2) is 9.97 Å². The monoisotopic (exact) mass is 479 g/mol. The van der Waals surface area contributed by atoms with Gasteiger partial charge >= 0.3 is 0 Å². The number of benzene rings is 2. The summed E-state index contributed by atoms with van der Waals surface area (Å²) in [5.74, 6) is 0.962. The summed E-state index contributed by atoms with van der Waals surface area (Å²) in [5.41, 5.74) is 5.04. The fraction of sp³-hybridized carbons (Fsp3) is 0.333. The molecule has 4 heterocycles. The SMILES string of the molecule is CN1CCN(c2ccc3nc(NC(O)c4csc(-c5ccc6c(c5)CCO6)n4)sc3c2)CC1. The molecule has 0 saturated carbocycles. The van der Waals surface area contributed by atoms with Crippen LogP contribution in [0.15, 0.2) is 41.8 Å². The Balaban J connectivity index is 1.17.